The fourth-order valence-electron chi connectivity index (χ4n) is 2.89. The Hall–Kier alpha value is -1.33. The van der Waals surface area contributed by atoms with E-state index in [1.54, 1.807) is 0 Å². The van der Waals surface area contributed by atoms with Crippen molar-refractivity contribution >= 4 is 0 Å². The van der Waals surface area contributed by atoms with E-state index in [0.29, 0.717) is 0 Å². The van der Waals surface area contributed by atoms with Crippen LogP contribution in [0.2, 0.25) is 0 Å². The quantitative estimate of drug-likeness (QED) is 0.881. The number of nitriles is 1. The Labute approximate surface area is 110 Å². The number of hydrogen-bond acceptors (Lipinski definition) is 2. The van der Waals surface area contributed by atoms with Crippen LogP contribution in [0.1, 0.15) is 51.2 Å². The molecule has 0 radical (unpaired) electrons. The van der Waals surface area contributed by atoms with Crippen LogP contribution in [0.5, 0.6) is 0 Å². The predicted octanol–water partition coefficient (Wildman–Crippen LogP) is 3.48. The molecule has 0 saturated carbocycles. The van der Waals surface area contributed by atoms with Crippen molar-refractivity contribution in [3.05, 3.63) is 35.4 Å². The average molecular weight is 242 g/mol. The molecular formula is C16H22N2. The first-order valence-corrected chi connectivity index (χ1v) is 6.82. The van der Waals surface area contributed by atoms with Gasteiger partial charge in [-0.2, -0.15) is 5.26 Å². The first-order valence-electron chi connectivity index (χ1n) is 6.82. The number of rotatable bonds is 3. The van der Waals surface area contributed by atoms with Crippen molar-refractivity contribution in [2.24, 2.45) is 0 Å². The van der Waals surface area contributed by atoms with E-state index < -0.39 is 5.54 Å². The van der Waals surface area contributed by atoms with Gasteiger partial charge in [-0.15, -0.1) is 0 Å². The SMILES string of the molecule is CCCNC1(C#N)CCC(C)(C)c2ccccc21. The smallest absolute Gasteiger partial charge is 0.132 e. The molecule has 1 aliphatic rings. The van der Waals surface area contributed by atoms with Crippen LogP contribution in [0.4, 0.5) is 0 Å². The highest BCUT2D eigenvalue weighted by Crippen LogP contribution is 2.44. The van der Waals surface area contributed by atoms with Gasteiger partial charge in [0.15, 0.2) is 0 Å². The first kappa shape index (κ1) is 13.1. The van der Waals surface area contributed by atoms with Crippen molar-refractivity contribution < 1.29 is 0 Å². The second-order valence-electron chi connectivity index (χ2n) is 5.87. The normalized spacial score (nSPS) is 25.2. The lowest BCUT2D eigenvalue weighted by Gasteiger charge is -2.42. The number of fused-ring (bicyclic) bond motifs is 1. The van der Waals surface area contributed by atoms with E-state index in [1.807, 2.05) is 6.07 Å². The highest BCUT2D eigenvalue weighted by molar-refractivity contribution is 5.45. The second-order valence-corrected chi connectivity index (χ2v) is 5.87. The van der Waals surface area contributed by atoms with Gasteiger partial charge in [0.2, 0.25) is 0 Å². The minimum Gasteiger partial charge on any atom is -0.296 e. The van der Waals surface area contributed by atoms with Crippen molar-refractivity contribution in [2.75, 3.05) is 6.54 Å². The van der Waals surface area contributed by atoms with E-state index in [9.17, 15) is 5.26 Å². The maximum atomic E-state index is 9.67. The largest absolute Gasteiger partial charge is 0.296 e. The van der Waals surface area contributed by atoms with Crippen LogP contribution >= 0.6 is 0 Å². The molecule has 96 valence electrons. The monoisotopic (exact) mass is 242 g/mol. The summed E-state index contributed by atoms with van der Waals surface area (Å²) in [4.78, 5) is 0. The minimum absolute atomic E-state index is 0.171. The number of nitrogens with zero attached hydrogens (tertiary/aromatic N) is 1. The summed E-state index contributed by atoms with van der Waals surface area (Å²) >= 11 is 0. The van der Waals surface area contributed by atoms with Crippen LogP contribution in [0.25, 0.3) is 0 Å². The number of nitrogens with one attached hydrogen (secondary N) is 1. The fraction of sp³-hybridized carbons (Fsp3) is 0.562. The van der Waals surface area contributed by atoms with Gasteiger partial charge in [-0.05, 0) is 42.3 Å². The van der Waals surface area contributed by atoms with Gasteiger partial charge in [0.05, 0.1) is 6.07 Å². The fourth-order valence-corrected chi connectivity index (χ4v) is 2.89. The third-order valence-electron chi connectivity index (χ3n) is 4.11. The van der Waals surface area contributed by atoms with Crippen molar-refractivity contribution in [1.29, 1.82) is 5.26 Å². The van der Waals surface area contributed by atoms with Gasteiger partial charge in [0.1, 0.15) is 5.54 Å². The van der Waals surface area contributed by atoms with E-state index in [2.05, 4.69) is 50.4 Å². The Morgan fingerprint density at radius 2 is 1.89 bits per heavy atom. The summed E-state index contributed by atoms with van der Waals surface area (Å²) in [5.74, 6) is 0. The van der Waals surface area contributed by atoms with Crippen LogP contribution in [-0.2, 0) is 11.0 Å². The molecule has 0 aliphatic heterocycles. The summed E-state index contributed by atoms with van der Waals surface area (Å²) in [6, 6.07) is 10.9. The molecule has 0 heterocycles. The lowest BCUT2D eigenvalue weighted by Crippen LogP contribution is -2.47. The lowest BCUT2D eigenvalue weighted by molar-refractivity contribution is 0.300. The molecule has 1 aliphatic carbocycles. The molecule has 0 amide bonds. The van der Waals surface area contributed by atoms with Crippen LogP contribution < -0.4 is 5.32 Å². The molecule has 2 nitrogen and oxygen atoms in total. The highest BCUT2D eigenvalue weighted by Gasteiger charge is 2.42. The van der Waals surface area contributed by atoms with Crippen molar-refractivity contribution in [2.45, 2.75) is 51.0 Å². The molecule has 0 spiro atoms. The van der Waals surface area contributed by atoms with Crippen LogP contribution in [-0.4, -0.2) is 6.54 Å². The summed E-state index contributed by atoms with van der Waals surface area (Å²) in [6.07, 6.45) is 3.00. The van der Waals surface area contributed by atoms with Gasteiger partial charge in [0, 0.05) is 0 Å². The molecule has 2 heteroatoms. The molecule has 1 aromatic rings. The number of benzene rings is 1. The summed E-state index contributed by atoms with van der Waals surface area (Å²) < 4.78 is 0. The van der Waals surface area contributed by atoms with E-state index in [1.165, 1.54) is 11.1 Å². The standard InChI is InChI=1S/C16H22N2/c1-4-11-18-16(12-17)10-9-15(2,3)13-7-5-6-8-14(13)16/h5-8,18H,4,9-11H2,1-3H3. The molecular weight excluding hydrogens is 220 g/mol. The van der Waals surface area contributed by atoms with E-state index >= 15 is 0 Å². The van der Waals surface area contributed by atoms with Gasteiger partial charge in [-0.3, -0.25) is 5.32 Å². The number of hydrogen-bond donors (Lipinski definition) is 1. The zero-order valence-electron chi connectivity index (χ0n) is 11.6. The van der Waals surface area contributed by atoms with Crippen LogP contribution in [0, 0.1) is 11.3 Å². The molecule has 1 N–H and O–H groups in total. The maximum Gasteiger partial charge on any atom is 0.132 e. The predicted molar refractivity (Wildman–Crippen MR) is 74.3 cm³/mol. The van der Waals surface area contributed by atoms with E-state index in [-0.39, 0.29) is 5.41 Å². The van der Waals surface area contributed by atoms with E-state index in [0.717, 1.165) is 25.8 Å². The topological polar surface area (TPSA) is 35.8 Å². The van der Waals surface area contributed by atoms with Gasteiger partial charge >= 0.3 is 0 Å². The summed E-state index contributed by atoms with van der Waals surface area (Å²) in [7, 11) is 0. The maximum absolute atomic E-state index is 9.67. The highest BCUT2D eigenvalue weighted by atomic mass is 15.0. The molecule has 0 bridgehead atoms. The Morgan fingerprint density at radius 3 is 2.50 bits per heavy atom. The molecule has 1 aromatic carbocycles. The Kier molecular flexibility index (Phi) is 3.45. The molecule has 1 unspecified atom stereocenters. The third-order valence-corrected chi connectivity index (χ3v) is 4.11. The van der Waals surface area contributed by atoms with Crippen molar-refractivity contribution in [1.82, 2.24) is 5.32 Å². The van der Waals surface area contributed by atoms with Crippen molar-refractivity contribution in [3.8, 4) is 6.07 Å². The Balaban J connectivity index is 2.50. The summed E-state index contributed by atoms with van der Waals surface area (Å²) in [5, 5.41) is 13.1. The molecule has 18 heavy (non-hydrogen) atoms. The third kappa shape index (κ3) is 2.04. The summed E-state index contributed by atoms with van der Waals surface area (Å²) in [5.41, 5.74) is 2.19. The van der Waals surface area contributed by atoms with Gasteiger partial charge in [-0.1, -0.05) is 45.0 Å². The molecule has 1 atom stereocenters. The lowest BCUT2D eigenvalue weighted by atomic mass is 9.66. The molecule has 0 saturated heterocycles. The van der Waals surface area contributed by atoms with E-state index in [4.69, 9.17) is 0 Å². The second kappa shape index (κ2) is 4.74. The zero-order chi connectivity index (χ0) is 13.2. The summed E-state index contributed by atoms with van der Waals surface area (Å²) in [6.45, 7) is 7.57. The van der Waals surface area contributed by atoms with Gasteiger partial charge in [-0.25, -0.2) is 0 Å². The molecule has 0 fully saturated rings. The van der Waals surface area contributed by atoms with Crippen molar-refractivity contribution in [3.63, 3.8) is 0 Å². The first-order chi connectivity index (χ1) is 8.56. The minimum atomic E-state index is -0.484. The Morgan fingerprint density at radius 1 is 1.22 bits per heavy atom. The molecule has 0 aromatic heterocycles. The zero-order valence-corrected chi connectivity index (χ0v) is 11.6. The average Bonchev–Trinajstić information content (AvgIpc) is 2.39. The van der Waals surface area contributed by atoms with Gasteiger partial charge in [0.25, 0.3) is 0 Å². The van der Waals surface area contributed by atoms with Crippen LogP contribution in [0.3, 0.4) is 0 Å². The Bertz CT molecular complexity index is 470. The van der Waals surface area contributed by atoms with Gasteiger partial charge < -0.3 is 0 Å². The molecule has 2 rings (SSSR count). The van der Waals surface area contributed by atoms with Crippen LogP contribution in [0.15, 0.2) is 24.3 Å².